The average molecular weight is 272 g/mol. The summed E-state index contributed by atoms with van der Waals surface area (Å²) in [5, 5.41) is 7.24. The maximum atomic E-state index is 4.44. The van der Waals surface area contributed by atoms with Gasteiger partial charge in [0.25, 0.3) is 0 Å². The van der Waals surface area contributed by atoms with E-state index in [9.17, 15) is 0 Å². The Bertz CT molecular complexity index is 324. The minimum atomic E-state index is 0.411. The van der Waals surface area contributed by atoms with Gasteiger partial charge in [-0.25, -0.2) is 9.97 Å². The molecule has 4 nitrogen and oxygen atoms in total. The van der Waals surface area contributed by atoms with Crippen LogP contribution < -0.4 is 10.6 Å². The largest absolute Gasteiger partial charge is 0.373 e. The van der Waals surface area contributed by atoms with Gasteiger partial charge in [-0.2, -0.15) is 11.8 Å². The first kappa shape index (κ1) is 14.4. The quantitative estimate of drug-likeness (QED) is 0.588. The molecule has 1 rings (SSSR count). The fraction of sp³-hybridized carbons (Fsp3) is 0.636. The number of aromatic nitrogens is 2. The number of hydrogen-bond donors (Lipinski definition) is 2. The van der Waals surface area contributed by atoms with Crippen molar-refractivity contribution in [3.8, 4) is 0 Å². The van der Waals surface area contributed by atoms with Gasteiger partial charge in [0.1, 0.15) is 11.6 Å². The maximum Gasteiger partial charge on any atom is 0.191 e. The standard InChI is InChI=1S/C11H20N4S2/c1-5-17-7-8(2)13-10-6-9(12-3)14-11(15-10)16-4/h6,8H,5,7H2,1-4H3,(H2,12,13,14,15). The highest BCUT2D eigenvalue weighted by Crippen LogP contribution is 2.18. The molecule has 0 spiro atoms. The van der Waals surface area contributed by atoms with Crippen molar-refractivity contribution < 1.29 is 0 Å². The molecular formula is C11H20N4S2. The summed E-state index contributed by atoms with van der Waals surface area (Å²) in [6.07, 6.45) is 1.98. The SMILES string of the molecule is CCSCC(C)Nc1cc(NC)nc(SC)n1. The molecule has 0 aliphatic rings. The summed E-state index contributed by atoms with van der Waals surface area (Å²) in [6, 6.07) is 2.35. The summed E-state index contributed by atoms with van der Waals surface area (Å²) >= 11 is 3.48. The Morgan fingerprint density at radius 1 is 1.35 bits per heavy atom. The van der Waals surface area contributed by atoms with E-state index in [0.717, 1.165) is 28.3 Å². The molecule has 1 heterocycles. The summed E-state index contributed by atoms with van der Waals surface area (Å²) < 4.78 is 0. The van der Waals surface area contributed by atoms with Gasteiger partial charge in [0.15, 0.2) is 5.16 Å². The van der Waals surface area contributed by atoms with E-state index in [-0.39, 0.29) is 0 Å². The summed E-state index contributed by atoms with van der Waals surface area (Å²) in [4.78, 5) is 8.77. The van der Waals surface area contributed by atoms with Crippen LogP contribution in [-0.2, 0) is 0 Å². The second-order valence-corrected chi connectivity index (χ2v) is 5.67. The van der Waals surface area contributed by atoms with Gasteiger partial charge < -0.3 is 10.6 Å². The van der Waals surface area contributed by atoms with Gasteiger partial charge in [-0.3, -0.25) is 0 Å². The van der Waals surface area contributed by atoms with Crippen molar-refractivity contribution in [3.05, 3.63) is 6.07 Å². The smallest absolute Gasteiger partial charge is 0.191 e. The number of rotatable bonds is 7. The Balaban J connectivity index is 2.68. The highest BCUT2D eigenvalue weighted by molar-refractivity contribution is 7.99. The van der Waals surface area contributed by atoms with Gasteiger partial charge >= 0.3 is 0 Å². The second kappa shape index (κ2) is 7.66. The van der Waals surface area contributed by atoms with Gasteiger partial charge in [-0.15, -0.1) is 0 Å². The van der Waals surface area contributed by atoms with E-state index in [0.29, 0.717) is 6.04 Å². The van der Waals surface area contributed by atoms with E-state index < -0.39 is 0 Å². The number of nitrogens with one attached hydrogen (secondary N) is 2. The van der Waals surface area contributed by atoms with Crippen molar-refractivity contribution in [3.63, 3.8) is 0 Å². The van der Waals surface area contributed by atoms with Crippen LogP contribution in [0.25, 0.3) is 0 Å². The monoisotopic (exact) mass is 272 g/mol. The van der Waals surface area contributed by atoms with E-state index in [1.54, 1.807) is 11.8 Å². The van der Waals surface area contributed by atoms with Crippen molar-refractivity contribution in [2.75, 3.05) is 35.4 Å². The second-order valence-electron chi connectivity index (χ2n) is 3.58. The minimum Gasteiger partial charge on any atom is -0.373 e. The maximum absolute atomic E-state index is 4.44. The van der Waals surface area contributed by atoms with E-state index >= 15 is 0 Å². The lowest BCUT2D eigenvalue weighted by molar-refractivity contribution is 0.878. The van der Waals surface area contributed by atoms with Crippen LogP contribution in [-0.4, -0.2) is 40.8 Å². The molecule has 1 aromatic rings. The van der Waals surface area contributed by atoms with Gasteiger partial charge in [0.05, 0.1) is 0 Å². The summed E-state index contributed by atoms with van der Waals surface area (Å²) in [7, 11) is 1.87. The average Bonchev–Trinajstić information content (AvgIpc) is 2.35. The van der Waals surface area contributed by atoms with E-state index in [2.05, 4.69) is 34.4 Å². The van der Waals surface area contributed by atoms with Crippen LogP contribution in [0.15, 0.2) is 11.2 Å². The number of anilines is 2. The van der Waals surface area contributed by atoms with Crippen LogP contribution in [0.4, 0.5) is 11.6 Å². The third-order valence-electron chi connectivity index (χ3n) is 2.11. The molecule has 1 atom stereocenters. The Kier molecular flexibility index (Phi) is 6.50. The first-order valence-electron chi connectivity index (χ1n) is 5.64. The molecule has 6 heteroatoms. The third-order valence-corrected chi connectivity index (χ3v) is 3.80. The summed E-state index contributed by atoms with van der Waals surface area (Å²) in [5.74, 6) is 3.97. The molecule has 17 heavy (non-hydrogen) atoms. The molecule has 0 amide bonds. The minimum absolute atomic E-state index is 0.411. The summed E-state index contributed by atoms with van der Waals surface area (Å²) in [6.45, 7) is 4.34. The zero-order valence-corrected chi connectivity index (χ0v) is 12.4. The van der Waals surface area contributed by atoms with Gasteiger partial charge in [-0.1, -0.05) is 18.7 Å². The highest BCUT2D eigenvalue weighted by atomic mass is 32.2. The summed E-state index contributed by atoms with van der Waals surface area (Å²) in [5.41, 5.74) is 0. The van der Waals surface area contributed by atoms with Gasteiger partial charge in [0, 0.05) is 24.9 Å². The molecule has 1 aromatic heterocycles. The van der Waals surface area contributed by atoms with E-state index in [4.69, 9.17) is 0 Å². The van der Waals surface area contributed by atoms with Gasteiger partial charge in [-0.05, 0) is 18.9 Å². The lowest BCUT2D eigenvalue weighted by Gasteiger charge is -2.14. The van der Waals surface area contributed by atoms with Gasteiger partial charge in [0.2, 0.25) is 0 Å². The number of thioether (sulfide) groups is 2. The Morgan fingerprint density at radius 2 is 2.06 bits per heavy atom. The zero-order chi connectivity index (χ0) is 12.7. The normalized spacial score (nSPS) is 12.2. The predicted octanol–water partition coefficient (Wildman–Crippen LogP) is 2.79. The van der Waals surface area contributed by atoms with Crippen LogP contribution in [0.1, 0.15) is 13.8 Å². The molecule has 0 saturated carbocycles. The topological polar surface area (TPSA) is 49.8 Å². The highest BCUT2D eigenvalue weighted by Gasteiger charge is 2.06. The van der Waals surface area contributed by atoms with E-state index in [1.807, 2.05) is 31.1 Å². The van der Waals surface area contributed by atoms with Crippen LogP contribution in [0, 0.1) is 0 Å². The lowest BCUT2D eigenvalue weighted by Crippen LogP contribution is -2.19. The van der Waals surface area contributed by atoms with Crippen molar-refractivity contribution in [2.45, 2.75) is 25.0 Å². The van der Waals surface area contributed by atoms with Crippen molar-refractivity contribution in [1.82, 2.24) is 9.97 Å². The van der Waals surface area contributed by atoms with Crippen LogP contribution in [0.2, 0.25) is 0 Å². The molecule has 0 radical (unpaired) electrons. The fourth-order valence-electron chi connectivity index (χ4n) is 1.31. The van der Waals surface area contributed by atoms with Crippen molar-refractivity contribution >= 4 is 35.2 Å². The molecule has 0 aromatic carbocycles. The molecule has 0 aliphatic heterocycles. The number of hydrogen-bond acceptors (Lipinski definition) is 6. The fourth-order valence-corrected chi connectivity index (χ4v) is 2.36. The predicted molar refractivity (Wildman–Crippen MR) is 79.4 cm³/mol. The molecule has 96 valence electrons. The van der Waals surface area contributed by atoms with Crippen LogP contribution >= 0.6 is 23.5 Å². The first-order valence-corrected chi connectivity index (χ1v) is 8.02. The van der Waals surface area contributed by atoms with Crippen LogP contribution in [0.5, 0.6) is 0 Å². The first-order chi connectivity index (χ1) is 8.19. The van der Waals surface area contributed by atoms with E-state index in [1.165, 1.54) is 0 Å². The Morgan fingerprint density at radius 3 is 2.65 bits per heavy atom. The van der Waals surface area contributed by atoms with Crippen LogP contribution in [0.3, 0.4) is 0 Å². The molecule has 2 N–H and O–H groups in total. The molecule has 1 unspecified atom stereocenters. The molecule has 0 aliphatic carbocycles. The Hall–Kier alpha value is -0.620. The molecule has 0 saturated heterocycles. The van der Waals surface area contributed by atoms with Crippen molar-refractivity contribution in [1.29, 1.82) is 0 Å². The molecule has 0 fully saturated rings. The third kappa shape index (κ3) is 5.04. The lowest BCUT2D eigenvalue weighted by atomic mass is 10.4. The zero-order valence-electron chi connectivity index (χ0n) is 10.8. The molecule has 0 bridgehead atoms. The van der Waals surface area contributed by atoms with Crippen molar-refractivity contribution in [2.24, 2.45) is 0 Å². The Labute approximate surface area is 112 Å². The number of nitrogens with zero attached hydrogens (tertiary/aromatic N) is 2. The molecular weight excluding hydrogens is 252 g/mol.